The third-order valence-electron chi connectivity index (χ3n) is 7.54. The SMILES string of the molecule is Cc1c(CC[C@@H]2C[C@@H](O)CC(=O)O2)c2c(c(C)c1N1CCc3ccccc3C1)CC(C)(C)O2. The van der Waals surface area contributed by atoms with Crippen LogP contribution in [0.3, 0.4) is 0 Å². The Kier molecular flexibility index (Phi) is 5.64. The third-order valence-corrected chi connectivity index (χ3v) is 7.54. The number of carbonyl (C=O) groups excluding carboxylic acids is 1. The van der Waals surface area contributed by atoms with E-state index in [0.717, 1.165) is 38.1 Å². The molecule has 0 bridgehead atoms. The summed E-state index contributed by atoms with van der Waals surface area (Å²) in [4.78, 5) is 14.4. The maximum absolute atomic E-state index is 11.8. The molecule has 176 valence electrons. The molecule has 5 nitrogen and oxygen atoms in total. The molecule has 1 fully saturated rings. The average Bonchev–Trinajstić information content (AvgIpc) is 3.08. The number of ether oxygens (including phenoxy) is 2. The molecule has 0 aliphatic carbocycles. The Morgan fingerprint density at radius 1 is 1.15 bits per heavy atom. The Bertz CT molecular complexity index is 1090. The zero-order valence-electron chi connectivity index (χ0n) is 20.2. The Labute approximate surface area is 196 Å². The van der Waals surface area contributed by atoms with E-state index in [0.29, 0.717) is 12.8 Å². The van der Waals surface area contributed by atoms with Crippen LogP contribution < -0.4 is 9.64 Å². The van der Waals surface area contributed by atoms with Gasteiger partial charge in [0.25, 0.3) is 0 Å². The van der Waals surface area contributed by atoms with E-state index in [9.17, 15) is 9.90 Å². The summed E-state index contributed by atoms with van der Waals surface area (Å²) in [5.74, 6) is 0.730. The van der Waals surface area contributed by atoms with Crippen molar-refractivity contribution in [3.05, 3.63) is 57.6 Å². The first-order valence-electron chi connectivity index (χ1n) is 12.2. The monoisotopic (exact) mass is 449 g/mol. The summed E-state index contributed by atoms with van der Waals surface area (Å²) < 4.78 is 12.0. The quantitative estimate of drug-likeness (QED) is 0.693. The van der Waals surface area contributed by atoms with E-state index in [2.05, 4.69) is 56.9 Å². The summed E-state index contributed by atoms with van der Waals surface area (Å²) in [6.45, 7) is 10.7. The molecule has 0 saturated carbocycles. The van der Waals surface area contributed by atoms with Gasteiger partial charge in [-0.15, -0.1) is 0 Å². The zero-order valence-corrected chi connectivity index (χ0v) is 20.2. The number of hydrogen-bond donors (Lipinski definition) is 1. The molecule has 0 spiro atoms. The van der Waals surface area contributed by atoms with Gasteiger partial charge in [-0.05, 0) is 74.8 Å². The molecule has 0 aromatic heterocycles. The lowest BCUT2D eigenvalue weighted by atomic mass is 9.88. The van der Waals surface area contributed by atoms with E-state index in [1.807, 2.05) is 0 Å². The van der Waals surface area contributed by atoms with Gasteiger partial charge in [-0.25, -0.2) is 0 Å². The van der Waals surface area contributed by atoms with Gasteiger partial charge < -0.3 is 19.5 Å². The van der Waals surface area contributed by atoms with Crippen LogP contribution in [-0.2, 0) is 35.3 Å². The standard InChI is InChI=1S/C28H35NO4/c1-17-23(10-9-22-13-21(30)14-25(31)32-22)27-24(15-28(3,4)33-27)18(2)26(17)29-12-11-19-7-5-6-8-20(19)16-29/h5-8,21-22,30H,9-16H2,1-4H3/t21-,22-/m1/s1. The van der Waals surface area contributed by atoms with Crippen LogP contribution in [0.15, 0.2) is 24.3 Å². The van der Waals surface area contributed by atoms with Gasteiger partial charge in [0.05, 0.1) is 12.5 Å². The van der Waals surface area contributed by atoms with Gasteiger partial charge in [0.15, 0.2) is 0 Å². The number of esters is 1. The first kappa shape index (κ1) is 22.3. The fraction of sp³-hybridized carbons (Fsp3) is 0.536. The minimum atomic E-state index is -0.597. The van der Waals surface area contributed by atoms with Crippen LogP contribution in [0.4, 0.5) is 5.69 Å². The van der Waals surface area contributed by atoms with Crippen LogP contribution in [0.25, 0.3) is 0 Å². The predicted molar refractivity (Wildman–Crippen MR) is 129 cm³/mol. The van der Waals surface area contributed by atoms with E-state index in [-0.39, 0.29) is 24.1 Å². The van der Waals surface area contributed by atoms with Crippen molar-refractivity contribution in [1.82, 2.24) is 0 Å². The molecule has 2 atom stereocenters. The smallest absolute Gasteiger partial charge is 0.308 e. The summed E-state index contributed by atoms with van der Waals surface area (Å²) in [6, 6.07) is 8.76. The molecule has 3 aliphatic rings. The molecule has 0 amide bonds. The second-order valence-electron chi connectivity index (χ2n) is 10.6. The first-order chi connectivity index (χ1) is 15.7. The number of aliphatic hydroxyl groups excluding tert-OH is 1. The third kappa shape index (κ3) is 4.23. The van der Waals surface area contributed by atoms with E-state index in [1.165, 1.54) is 39.1 Å². The highest BCUT2D eigenvalue weighted by molar-refractivity contribution is 5.72. The minimum absolute atomic E-state index is 0.105. The highest BCUT2D eigenvalue weighted by Gasteiger charge is 2.37. The van der Waals surface area contributed by atoms with Crippen LogP contribution in [0.2, 0.25) is 0 Å². The number of benzene rings is 2. The lowest BCUT2D eigenvalue weighted by Gasteiger charge is -2.35. The van der Waals surface area contributed by atoms with Crippen molar-refractivity contribution in [2.45, 2.75) is 90.6 Å². The molecule has 2 aromatic carbocycles. The summed E-state index contributed by atoms with van der Waals surface area (Å²) >= 11 is 0. The van der Waals surface area contributed by atoms with Gasteiger partial charge >= 0.3 is 5.97 Å². The molecule has 2 aromatic rings. The van der Waals surface area contributed by atoms with Crippen LogP contribution in [0.1, 0.15) is 66.5 Å². The molecular weight excluding hydrogens is 414 g/mol. The Hall–Kier alpha value is -2.53. The second-order valence-corrected chi connectivity index (χ2v) is 10.6. The van der Waals surface area contributed by atoms with E-state index in [1.54, 1.807) is 0 Å². The Morgan fingerprint density at radius 2 is 1.91 bits per heavy atom. The van der Waals surface area contributed by atoms with Gasteiger partial charge in [-0.2, -0.15) is 0 Å². The van der Waals surface area contributed by atoms with Crippen molar-refractivity contribution in [3.63, 3.8) is 0 Å². The molecule has 33 heavy (non-hydrogen) atoms. The maximum Gasteiger partial charge on any atom is 0.308 e. The fourth-order valence-electron chi connectivity index (χ4n) is 5.97. The highest BCUT2D eigenvalue weighted by Crippen LogP contribution is 2.47. The van der Waals surface area contributed by atoms with Crippen molar-refractivity contribution in [2.75, 3.05) is 11.4 Å². The molecule has 3 aliphatic heterocycles. The normalized spacial score (nSPS) is 23.5. The molecule has 1 saturated heterocycles. The topological polar surface area (TPSA) is 59.0 Å². The molecule has 3 heterocycles. The van der Waals surface area contributed by atoms with Crippen LogP contribution in [0, 0.1) is 13.8 Å². The second kappa shape index (κ2) is 8.35. The number of fused-ring (bicyclic) bond motifs is 2. The number of hydrogen-bond acceptors (Lipinski definition) is 5. The Morgan fingerprint density at radius 3 is 2.67 bits per heavy atom. The van der Waals surface area contributed by atoms with Gasteiger partial charge in [0.1, 0.15) is 17.5 Å². The molecular formula is C28H35NO4. The number of anilines is 1. The van der Waals surface area contributed by atoms with Gasteiger partial charge in [0, 0.05) is 37.2 Å². The number of cyclic esters (lactones) is 1. The average molecular weight is 450 g/mol. The molecule has 5 rings (SSSR count). The van der Waals surface area contributed by atoms with Crippen LogP contribution in [0.5, 0.6) is 5.75 Å². The zero-order chi connectivity index (χ0) is 23.3. The number of carbonyl (C=O) groups is 1. The number of aliphatic hydroxyl groups is 1. The van der Waals surface area contributed by atoms with Crippen molar-refractivity contribution >= 4 is 11.7 Å². The van der Waals surface area contributed by atoms with E-state index in [4.69, 9.17) is 9.47 Å². The van der Waals surface area contributed by atoms with Crippen LogP contribution >= 0.6 is 0 Å². The summed E-state index contributed by atoms with van der Waals surface area (Å²) in [6.07, 6.45) is 3.21. The highest BCUT2D eigenvalue weighted by atomic mass is 16.5. The van der Waals surface area contributed by atoms with Crippen molar-refractivity contribution in [3.8, 4) is 5.75 Å². The van der Waals surface area contributed by atoms with E-state index >= 15 is 0 Å². The first-order valence-corrected chi connectivity index (χ1v) is 12.2. The number of rotatable bonds is 4. The maximum atomic E-state index is 11.8. The van der Waals surface area contributed by atoms with Gasteiger partial charge in [-0.3, -0.25) is 4.79 Å². The van der Waals surface area contributed by atoms with E-state index < -0.39 is 6.10 Å². The van der Waals surface area contributed by atoms with Crippen molar-refractivity contribution < 1.29 is 19.4 Å². The number of nitrogens with zero attached hydrogens (tertiary/aromatic N) is 1. The minimum Gasteiger partial charge on any atom is -0.487 e. The lowest BCUT2D eigenvalue weighted by molar-refractivity contribution is -0.160. The van der Waals surface area contributed by atoms with Crippen molar-refractivity contribution in [1.29, 1.82) is 0 Å². The summed E-state index contributed by atoms with van der Waals surface area (Å²) in [5, 5.41) is 10.0. The fourth-order valence-corrected chi connectivity index (χ4v) is 5.97. The molecule has 0 radical (unpaired) electrons. The molecule has 0 unspecified atom stereocenters. The van der Waals surface area contributed by atoms with Crippen LogP contribution in [-0.4, -0.2) is 35.4 Å². The largest absolute Gasteiger partial charge is 0.487 e. The van der Waals surface area contributed by atoms with Gasteiger partial charge in [-0.1, -0.05) is 24.3 Å². The summed E-state index contributed by atoms with van der Waals surface area (Å²) in [5.41, 5.74) is 9.11. The lowest BCUT2D eigenvalue weighted by Crippen LogP contribution is -2.33. The molecule has 5 heteroatoms. The van der Waals surface area contributed by atoms with Gasteiger partial charge in [0.2, 0.25) is 0 Å². The predicted octanol–water partition coefficient (Wildman–Crippen LogP) is 4.58. The summed E-state index contributed by atoms with van der Waals surface area (Å²) in [7, 11) is 0. The Balaban J connectivity index is 1.50. The molecule has 1 N–H and O–H groups in total. The van der Waals surface area contributed by atoms with Crippen molar-refractivity contribution in [2.24, 2.45) is 0 Å².